The van der Waals surface area contributed by atoms with Gasteiger partial charge in [0.25, 0.3) is 5.91 Å². The Bertz CT molecular complexity index is 641. The van der Waals surface area contributed by atoms with Gasteiger partial charge in [0.15, 0.2) is 5.71 Å². The first kappa shape index (κ1) is 13.3. The molecule has 1 fully saturated rings. The van der Waals surface area contributed by atoms with E-state index in [-0.39, 0.29) is 12.3 Å². The molecule has 2 atom stereocenters. The molecule has 1 aromatic rings. The normalized spacial score (nSPS) is 23.7. The lowest BCUT2D eigenvalue weighted by atomic mass is 9.99. The SMILES string of the molecule is CCOC(=O)C1=NNC2C(=O)N(c3ccccc3)C(=O)C12. The summed E-state index contributed by atoms with van der Waals surface area (Å²) in [5.41, 5.74) is 3.00. The van der Waals surface area contributed by atoms with Gasteiger partial charge in [-0.1, -0.05) is 18.2 Å². The Balaban J connectivity index is 1.91. The van der Waals surface area contributed by atoms with Crippen LogP contribution in [0, 0.1) is 5.92 Å². The van der Waals surface area contributed by atoms with Crippen molar-refractivity contribution < 1.29 is 19.1 Å². The van der Waals surface area contributed by atoms with Crippen LogP contribution in [0.2, 0.25) is 0 Å². The lowest BCUT2D eigenvalue weighted by Crippen LogP contribution is -2.36. The van der Waals surface area contributed by atoms with Crippen LogP contribution in [0.15, 0.2) is 35.4 Å². The maximum absolute atomic E-state index is 12.5. The Morgan fingerprint density at radius 2 is 2.00 bits per heavy atom. The van der Waals surface area contributed by atoms with Crippen molar-refractivity contribution in [2.45, 2.75) is 13.0 Å². The molecule has 2 aliphatic heterocycles. The molecular weight excluding hydrogens is 274 g/mol. The molecule has 0 bridgehead atoms. The highest BCUT2D eigenvalue weighted by Crippen LogP contribution is 2.30. The number of nitrogens with zero attached hydrogens (tertiary/aromatic N) is 2. The number of hydrazone groups is 1. The van der Waals surface area contributed by atoms with Crippen molar-refractivity contribution >= 4 is 29.2 Å². The number of anilines is 1. The van der Waals surface area contributed by atoms with Crippen molar-refractivity contribution in [2.24, 2.45) is 11.0 Å². The Morgan fingerprint density at radius 3 is 2.67 bits per heavy atom. The highest BCUT2D eigenvalue weighted by atomic mass is 16.5. The largest absolute Gasteiger partial charge is 0.461 e. The van der Waals surface area contributed by atoms with Crippen molar-refractivity contribution in [1.29, 1.82) is 0 Å². The number of imide groups is 1. The maximum Gasteiger partial charge on any atom is 0.355 e. The number of hydrogen-bond acceptors (Lipinski definition) is 6. The van der Waals surface area contributed by atoms with E-state index in [1.54, 1.807) is 37.3 Å². The first-order chi connectivity index (χ1) is 10.1. The van der Waals surface area contributed by atoms with Gasteiger partial charge in [0.05, 0.1) is 12.3 Å². The van der Waals surface area contributed by atoms with Gasteiger partial charge in [0.1, 0.15) is 12.0 Å². The highest BCUT2D eigenvalue weighted by molar-refractivity contribution is 6.46. The molecule has 108 valence electrons. The summed E-state index contributed by atoms with van der Waals surface area (Å²) in [5.74, 6) is -2.47. The van der Waals surface area contributed by atoms with Crippen LogP contribution >= 0.6 is 0 Å². The molecule has 0 aliphatic carbocycles. The molecule has 2 heterocycles. The first-order valence-corrected chi connectivity index (χ1v) is 6.58. The number of hydrogen-bond donors (Lipinski definition) is 1. The van der Waals surface area contributed by atoms with Gasteiger partial charge in [0.2, 0.25) is 5.91 Å². The van der Waals surface area contributed by atoms with E-state index >= 15 is 0 Å². The first-order valence-electron chi connectivity index (χ1n) is 6.58. The van der Waals surface area contributed by atoms with Gasteiger partial charge in [-0.05, 0) is 19.1 Å². The Labute approximate surface area is 120 Å². The standard InChI is InChI=1S/C14H13N3O4/c1-2-21-14(20)11-9-10(15-16-11)13(19)17(12(9)18)8-6-4-3-5-7-8/h3-7,9-10,15H,2H2,1H3. The molecule has 2 aliphatic rings. The zero-order valence-corrected chi connectivity index (χ0v) is 11.3. The van der Waals surface area contributed by atoms with Crippen LogP contribution in [0.1, 0.15) is 6.92 Å². The van der Waals surface area contributed by atoms with E-state index < -0.39 is 29.7 Å². The minimum atomic E-state index is -0.920. The fourth-order valence-corrected chi connectivity index (χ4v) is 2.49. The van der Waals surface area contributed by atoms with E-state index in [9.17, 15) is 14.4 Å². The molecule has 0 radical (unpaired) electrons. The average molecular weight is 287 g/mol. The topological polar surface area (TPSA) is 88.1 Å². The van der Waals surface area contributed by atoms with Gasteiger partial charge in [-0.3, -0.25) is 15.0 Å². The zero-order valence-electron chi connectivity index (χ0n) is 11.3. The van der Waals surface area contributed by atoms with E-state index in [0.29, 0.717) is 5.69 Å². The third-order valence-electron chi connectivity index (χ3n) is 3.42. The molecule has 2 unspecified atom stereocenters. The van der Waals surface area contributed by atoms with E-state index in [2.05, 4.69) is 10.5 Å². The molecule has 1 aromatic carbocycles. The number of ether oxygens (including phenoxy) is 1. The number of esters is 1. The summed E-state index contributed by atoms with van der Waals surface area (Å²) in [5, 5.41) is 3.79. The molecular formula is C14H13N3O4. The van der Waals surface area contributed by atoms with Crippen LogP contribution in [0.4, 0.5) is 5.69 Å². The van der Waals surface area contributed by atoms with E-state index in [0.717, 1.165) is 4.90 Å². The molecule has 0 aromatic heterocycles. The predicted octanol–water partition coefficient (Wildman–Crippen LogP) is 0.0669. The number of rotatable bonds is 3. The molecule has 3 rings (SSSR count). The summed E-state index contributed by atoms with van der Waals surface area (Å²) >= 11 is 0. The number of carbonyl (C=O) groups is 3. The molecule has 1 saturated heterocycles. The van der Waals surface area contributed by atoms with Crippen LogP contribution in [0.5, 0.6) is 0 Å². The number of carbonyl (C=O) groups excluding carboxylic acids is 3. The molecule has 1 N–H and O–H groups in total. The van der Waals surface area contributed by atoms with Crippen molar-refractivity contribution in [3.63, 3.8) is 0 Å². The minimum absolute atomic E-state index is 0.0429. The number of fused-ring (bicyclic) bond motifs is 1. The lowest BCUT2D eigenvalue weighted by Gasteiger charge is -2.15. The zero-order chi connectivity index (χ0) is 15.0. The minimum Gasteiger partial charge on any atom is -0.461 e. The van der Waals surface area contributed by atoms with Gasteiger partial charge in [-0.15, -0.1) is 0 Å². The summed E-state index contributed by atoms with van der Waals surface area (Å²) in [6.45, 7) is 1.84. The molecule has 2 amide bonds. The third-order valence-corrected chi connectivity index (χ3v) is 3.42. The van der Waals surface area contributed by atoms with Gasteiger partial charge < -0.3 is 4.74 Å². The fourth-order valence-electron chi connectivity index (χ4n) is 2.49. The summed E-state index contributed by atoms with van der Waals surface area (Å²) in [6, 6.07) is 7.75. The fraction of sp³-hybridized carbons (Fsp3) is 0.286. The van der Waals surface area contributed by atoms with Crippen molar-refractivity contribution in [3.05, 3.63) is 30.3 Å². The monoisotopic (exact) mass is 287 g/mol. The summed E-state index contributed by atoms with van der Waals surface area (Å²) in [7, 11) is 0. The Hall–Kier alpha value is -2.70. The van der Waals surface area contributed by atoms with Crippen molar-refractivity contribution in [2.75, 3.05) is 11.5 Å². The highest BCUT2D eigenvalue weighted by Gasteiger charge is 2.55. The number of para-hydroxylation sites is 1. The van der Waals surface area contributed by atoms with Gasteiger partial charge in [-0.25, -0.2) is 9.69 Å². The summed E-state index contributed by atoms with van der Waals surface area (Å²) in [4.78, 5) is 37.7. The number of nitrogens with one attached hydrogen (secondary N) is 1. The van der Waals surface area contributed by atoms with E-state index in [1.165, 1.54) is 0 Å². The van der Waals surface area contributed by atoms with Crippen LogP contribution in [0.25, 0.3) is 0 Å². The number of amides is 2. The summed E-state index contributed by atoms with van der Waals surface area (Å²) < 4.78 is 4.87. The second-order valence-electron chi connectivity index (χ2n) is 4.65. The second-order valence-corrected chi connectivity index (χ2v) is 4.65. The Morgan fingerprint density at radius 1 is 1.29 bits per heavy atom. The van der Waals surface area contributed by atoms with Gasteiger partial charge in [-0.2, -0.15) is 5.10 Å². The molecule has 21 heavy (non-hydrogen) atoms. The van der Waals surface area contributed by atoms with Crippen LogP contribution in [-0.2, 0) is 19.1 Å². The van der Waals surface area contributed by atoms with Crippen LogP contribution < -0.4 is 10.3 Å². The van der Waals surface area contributed by atoms with Crippen molar-refractivity contribution in [3.8, 4) is 0 Å². The summed E-state index contributed by atoms with van der Waals surface area (Å²) in [6.07, 6.45) is 0. The third kappa shape index (κ3) is 1.97. The quantitative estimate of drug-likeness (QED) is 0.627. The average Bonchev–Trinajstić information content (AvgIpc) is 3.02. The van der Waals surface area contributed by atoms with Gasteiger partial charge in [0, 0.05) is 0 Å². The number of benzene rings is 1. The van der Waals surface area contributed by atoms with E-state index in [1.807, 2.05) is 0 Å². The lowest BCUT2D eigenvalue weighted by molar-refractivity contribution is -0.136. The smallest absolute Gasteiger partial charge is 0.355 e. The van der Waals surface area contributed by atoms with Crippen LogP contribution in [0.3, 0.4) is 0 Å². The van der Waals surface area contributed by atoms with E-state index in [4.69, 9.17) is 4.74 Å². The maximum atomic E-state index is 12.5. The molecule has 0 spiro atoms. The van der Waals surface area contributed by atoms with Crippen LogP contribution in [-0.4, -0.2) is 36.1 Å². The second kappa shape index (κ2) is 5.01. The Kier molecular flexibility index (Phi) is 3.17. The predicted molar refractivity (Wildman–Crippen MR) is 73.4 cm³/mol. The van der Waals surface area contributed by atoms with Gasteiger partial charge >= 0.3 is 5.97 Å². The van der Waals surface area contributed by atoms with Crippen molar-refractivity contribution in [1.82, 2.24) is 5.43 Å². The molecule has 7 nitrogen and oxygen atoms in total. The molecule has 7 heteroatoms. The molecule has 0 saturated carbocycles.